The summed E-state index contributed by atoms with van der Waals surface area (Å²) >= 11 is 0. The second-order valence-electron chi connectivity index (χ2n) is 3.79. The van der Waals surface area contributed by atoms with Gasteiger partial charge in [0.1, 0.15) is 5.82 Å². The molecule has 6 nitrogen and oxygen atoms in total. The average molecular weight is 296 g/mol. The largest absolute Gasteiger partial charge is 0.478 e. The number of anilines is 1. The fraction of sp³-hybridized carbons (Fsp3) is 0. The van der Waals surface area contributed by atoms with Crippen LogP contribution in [0.2, 0.25) is 0 Å². The van der Waals surface area contributed by atoms with E-state index in [1.807, 2.05) is 0 Å². The van der Waals surface area contributed by atoms with E-state index in [0.717, 1.165) is 24.4 Å². The normalized spacial score (nSPS) is 11.1. The van der Waals surface area contributed by atoms with Crippen molar-refractivity contribution in [1.29, 1.82) is 0 Å². The summed E-state index contributed by atoms with van der Waals surface area (Å²) in [5, 5.41) is 8.95. The Labute approximate surface area is 114 Å². The molecule has 2 aromatic rings. The molecule has 20 heavy (non-hydrogen) atoms. The molecule has 8 heteroatoms. The first-order chi connectivity index (χ1) is 9.40. The molecule has 0 amide bonds. The first-order valence-electron chi connectivity index (χ1n) is 5.36. The van der Waals surface area contributed by atoms with E-state index in [4.69, 9.17) is 5.11 Å². The van der Waals surface area contributed by atoms with Crippen LogP contribution < -0.4 is 4.72 Å². The molecule has 0 spiro atoms. The molecular weight excluding hydrogens is 287 g/mol. The van der Waals surface area contributed by atoms with Gasteiger partial charge in [0.2, 0.25) is 0 Å². The van der Waals surface area contributed by atoms with Gasteiger partial charge in [-0.15, -0.1) is 0 Å². The zero-order chi connectivity index (χ0) is 14.8. The summed E-state index contributed by atoms with van der Waals surface area (Å²) in [6, 6.07) is 5.53. The predicted octanol–water partition coefficient (Wildman–Crippen LogP) is 1.72. The van der Waals surface area contributed by atoms with Crippen LogP contribution in [0.1, 0.15) is 10.4 Å². The number of pyridine rings is 1. The number of aromatic carboxylic acids is 1. The number of benzene rings is 1. The molecule has 1 aromatic heterocycles. The van der Waals surface area contributed by atoms with E-state index < -0.39 is 21.8 Å². The second-order valence-corrected chi connectivity index (χ2v) is 5.47. The fourth-order valence-electron chi connectivity index (χ4n) is 1.50. The van der Waals surface area contributed by atoms with E-state index >= 15 is 0 Å². The minimum atomic E-state index is -4.09. The Morgan fingerprint density at radius 1 is 1.30 bits per heavy atom. The second kappa shape index (κ2) is 5.25. The van der Waals surface area contributed by atoms with Crippen molar-refractivity contribution in [2.75, 3.05) is 4.72 Å². The number of halogens is 1. The number of carboxylic acids is 1. The van der Waals surface area contributed by atoms with Crippen molar-refractivity contribution in [2.45, 2.75) is 4.90 Å². The Balaban J connectivity index is 2.41. The van der Waals surface area contributed by atoms with E-state index in [1.165, 1.54) is 18.3 Å². The topological polar surface area (TPSA) is 96.4 Å². The van der Waals surface area contributed by atoms with Gasteiger partial charge in [0.15, 0.2) is 0 Å². The van der Waals surface area contributed by atoms with Crippen LogP contribution in [0.5, 0.6) is 0 Å². The molecule has 0 aliphatic rings. The van der Waals surface area contributed by atoms with Crippen LogP contribution in [0.25, 0.3) is 0 Å². The third-order valence-corrected chi connectivity index (χ3v) is 3.77. The number of nitrogens with zero attached hydrogens (tertiary/aromatic N) is 1. The molecule has 0 unspecified atom stereocenters. The van der Waals surface area contributed by atoms with Crippen LogP contribution in [0.15, 0.2) is 47.6 Å². The number of rotatable bonds is 4. The quantitative estimate of drug-likeness (QED) is 0.895. The Bertz CT molecular complexity index is 762. The van der Waals surface area contributed by atoms with E-state index in [0.29, 0.717) is 0 Å². The van der Waals surface area contributed by atoms with Gasteiger partial charge in [0, 0.05) is 6.20 Å². The molecular formula is C12H9FN2O4S. The fourth-order valence-corrected chi connectivity index (χ4v) is 2.60. The third kappa shape index (κ3) is 2.91. The number of hydrogen-bond donors (Lipinski definition) is 2. The summed E-state index contributed by atoms with van der Waals surface area (Å²) in [7, 11) is -4.09. The summed E-state index contributed by atoms with van der Waals surface area (Å²) in [5.74, 6) is -2.01. The standard InChI is InChI=1S/C12H9FN2O4S/c13-8-2-1-3-9(6-8)20(18,19)15-11-7-14-5-4-10(11)12(16)17/h1-7,15H,(H,16,17). The first kappa shape index (κ1) is 13.9. The molecule has 0 radical (unpaired) electrons. The highest BCUT2D eigenvalue weighted by atomic mass is 32.2. The van der Waals surface area contributed by atoms with Gasteiger partial charge < -0.3 is 5.11 Å². The molecule has 0 fully saturated rings. The maximum Gasteiger partial charge on any atom is 0.337 e. The van der Waals surface area contributed by atoms with Gasteiger partial charge in [0.05, 0.1) is 22.3 Å². The van der Waals surface area contributed by atoms with Crippen molar-refractivity contribution in [3.8, 4) is 0 Å². The lowest BCUT2D eigenvalue weighted by Crippen LogP contribution is -2.16. The Hall–Kier alpha value is -2.48. The van der Waals surface area contributed by atoms with Crippen molar-refractivity contribution in [3.63, 3.8) is 0 Å². The molecule has 0 bridgehead atoms. The molecule has 2 N–H and O–H groups in total. The van der Waals surface area contributed by atoms with Gasteiger partial charge in [-0.2, -0.15) is 0 Å². The van der Waals surface area contributed by atoms with Crippen LogP contribution in [0, 0.1) is 5.82 Å². The predicted molar refractivity (Wildman–Crippen MR) is 68.4 cm³/mol. The van der Waals surface area contributed by atoms with Gasteiger partial charge in [-0.1, -0.05) is 6.07 Å². The first-order valence-corrected chi connectivity index (χ1v) is 6.84. The number of nitrogens with one attached hydrogen (secondary N) is 1. The zero-order valence-corrected chi connectivity index (χ0v) is 10.8. The maximum atomic E-state index is 13.0. The highest BCUT2D eigenvalue weighted by Gasteiger charge is 2.18. The number of aromatic nitrogens is 1. The Morgan fingerprint density at radius 2 is 2.05 bits per heavy atom. The lowest BCUT2D eigenvalue weighted by atomic mass is 10.2. The highest BCUT2D eigenvalue weighted by Crippen LogP contribution is 2.19. The number of carbonyl (C=O) groups is 1. The minimum absolute atomic E-state index is 0.190. The number of sulfonamides is 1. The monoisotopic (exact) mass is 296 g/mol. The highest BCUT2D eigenvalue weighted by molar-refractivity contribution is 7.92. The third-order valence-electron chi connectivity index (χ3n) is 2.40. The zero-order valence-electron chi connectivity index (χ0n) is 9.95. The van der Waals surface area contributed by atoms with Crippen molar-refractivity contribution in [2.24, 2.45) is 0 Å². The minimum Gasteiger partial charge on any atom is -0.478 e. The SMILES string of the molecule is O=C(O)c1ccncc1NS(=O)(=O)c1cccc(F)c1. The molecule has 2 rings (SSSR count). The van der Waals surface area contributed by atoms with E-state index in [1.54, 1.807) is 0 Å². The number of hydrogen-bond acceptors (Lipinski definition) is 4. The summed E-state index contributed by atoms with van der Waals surface area (Å²) in [6.45, 7) is 0. The van der Waals surface area contributed by atoms with Crippen LogP contribution in [0.3, 0.4) is 0 Å². The summed E-state index contributed by atoms with van der Waals surface area (Å²) in [5.41, 5.74) is -0.441. The molecule has 1 heterocycles. The molecule has 0 aliphatic heterocycles. The molecule has 0 aliphatic carbocycles. The smallest absolute Gasteiger partial charge is 0.337 e. The van der Waals surface area contributed by atoms with E-state index in [-0.39, 0.29) is 16.1 Å². The average Bonchev–Trinajstić information content (AvgIpc) is 2.38. The Kier molecular flexibility index (Phi) is 3.66. The number of carboxylic acid groups (broad SMARTS) is 1. The summed E-state index contributed by atoms with van der Waals surface area (Å²) in [4.78, 5) is 14.3. The van der Waals surface area contributed by atoms with Crippen molar-refractivity contribution < 1.29 is 22.7 Å². The van der Waals surface area contributed by atoms with Gasteiger partial charge in [-0.3, -0.25) is 9.71 Å². The van der Waals surface area contributed by atoms with Gasteiger partial charge in [0.25, 0.3) is 10.0 Å². The Morgan fingerprint density at radius 3 is 2.70 bits per heavy atom. The van der Waals surface area contributed by atoms with Gasteiger partial charge >= 0.3 is 5.97 Å². The van der Waals surface area contributed by atoms with Gasteiger partial charge in [-0.25, -0.2) is 17.6 Å². The lowest BCUT2D eigenvalue weighted by Gasteiger charge is -2.09. The summed E-state index contributed by atoms with van der Waals surface area (Å²) in [6.07, 6.45) is 2.30. The molecule has 1 aromatic carbocycles. The van der Waals surface area contributed by atoms with Crippen LogP contribution >= 0.6 is 0 Å². The van der Waals surface area contributed by atoms with Crippen LogP contribution in [-0.4, -0.2) is 24.5 Å². The van der Waals surface area contributed by atoms with Crippen molar-refractivity contribution >= 4 is 21.7 Å². The molecule has 0 saturated heterocycles. The van der Waals surface area contributed by atoms with E-state index in [2.05, 4.69) is 9.71 Å². The van der Waals surface area contributed by atoms with Crippen molar-refractivity contribution in [3.05, 3.63) is 54.1 Å². The molecule has 0 saturated carbocycles. The van der Waals surface area contributed by atoms with Crippen LogP contribution in [0.4, 0.5) is 10.1 Å². The molecule has 104 valence electrons. The summed E-state index contributed by atoms with van der Waals surface area (Å²) < 4.78 is 39.2. The van der Waals surface area contributed by atoms with E-state index in [9.17, 15) is 17.6 Å². The van der Waals surface area contributed by atoms with Gasteiger partial charge in [-0.05, 0) is 24.3 Å². The van der Waals surface area contributed by atoms with Crippen molar-refractivity contribution in [1.82, 2.24) is 4.98 Å². The van der Waals surface area contributed by atoms with Crippen LogP contribution in [-0.2, 0) is 10.0 Å². The lowest BCUT2D eigenvalue weighted by molar-refractivity contribution is 0.0698. The maximum absolute atomic E-state index is 13.0. The molecule has 0 atom stereocenters.